The Hall–Kier alpha value is -0.550. The third-order valence-electron chi connectivity index (χ3n) is 2.33. The number of anilines is 2. The van der Waals surface area contributed by atoms with Crippen molar-refractivity contribution >= 4 is 62.2 Å². The normalized spacial score (nSPS) is 10.6. The maximum Gasteiger partial charge on any atom is 0.135 e. The lowest BCUT2D eigenvalue weighted by Crippen LogP contribution is -2.00. The molecule has 0 aliphatic heterocycles. The van der Waals surface area contributed by atoms with Crippen LogP contribution in [0.1, 0.15) is 12.7 Å². The standard InChI is InChI=1S/C12H9BrCl3N3/c1-2-11-18-10(13)5-12(19-11)17-9-4-7(15)6(14)3-8(9)16/h3-5H,2H2,1H3,(H,17,18,19). The van der Waals surface area contributed by atoms with Gasteiger partial charge in [-0.1, -0.05) is 41.7 Å². The quantitative estimate of drug-likeness (QED) is 0.563. The molecule has 2 aromatic rings. The number of nitrogens with one attached hydrogen (secondary N) is 1. The van der Waals surface area contributed by atoms with E-state index in [0.29, 0.717) is 31.2 Å². The molecule has 0 radical (unpaired) electrons. The largest absolute Gasteiger partial charge is 0.339 e. The van der Waals surface area contributed by atoms with E-state index in [1.54, 1.807) is 18.2 Å². The van der Waals surface area contributed by atoms with Gasteiger partial charge in [0.25, 0.3) is 0 Å². The van der Waals surface area contributed by atoms with E-state index in [-0.39, 0.29) is 0 Å². The molecule has 1 aromatic heterocycles. The summed E-state index contributed by atoms with van der Waals surface area (Å²) in [5.74, 6) is 1.37. The van der Waals surface area contributed by atoms with E-state index in [1.165, 1.54) is 0 Å². The highest BCUT2D eigenvalue weighted by Crippen LogP contribution is 2.33. The Bertz CT molecular complexity index is 619. The highest BCUT2D eigenvalue weighted by Gasteiger charge is 2.08. The molecule has 0 fully saturated rings. The van der Waals surface area contributed by atoms with Gasteiger partial charge in [0.05, 0.1) is 20.8 Å². The van der Waals surface area contributed by atoms with Gasteiger partial charge in [-0.3, -0.25) is 0 Å². The number of nitrogens with zero attached hydrogens (tertiary/aromatic N) is 2. The van der Waals surface area contributed by atoms with Crippen molar-refractivity contribution in [3.8, 4) is 0 Å². The first-order valence-electron chi connectivity index (χ1n) is 5.44. The Labute approximate surface area is 134 Å². The SMILES string of the molecule is CCc1nc(Br)cc(Nc2cc(Cl)c(Cl)cc2Cl)n1. The van der Waals surface area contributed by atoms with E-state index in [4.69, 9.17) is 34.8 Å². The second kappa shape index (κ2) is 6.27. The van der Waals surface area contributed by atoms with E-state index in [1.807, 2.05) is 6.92 Å². The summed E-state index contributed by atoms with van der Waals surface area (Å²) < 4.78 is 0.707. The molecule has 3 nitrogen and oxygen atoms in total. The van der Waals surface area contributed by atoms with Crippen LogP contribution in [-0.4, -0.2) is 9.97 Å². The number of halogens is 4. The van der Waals surface area contributed by atoms with Crippen LogP contribution in [0.25, 0.3) is 0 Å². The van der Waals surface area contributed by atoms with Crippen LogP contribution < -0.4 is 5.32 Å². The van der Waals surface area contributed by atoms with Gasteiger partial charge in [0, 0.05) is 12.5 Å². The Morgan fingerprint density at radius 2 is 1.74 bits per heavy atom. The monoisotopic (exact) mass is 379 g/mol. The van der Waals surface area contributed by atoms with Gasteiger partial charge in [-0.25, -0.2) is 9.97 Å². The average molecular weight is 381 g/mol. The molecule has 0 saturated heterocycles. The average Bonchev–Trinajstić information content (AvgIpc) is 2.35. The minimum Gasteiger partial charge on any atom is -0.339 e. The zero-order valence-electron chi connectivity index (χ0n) is 9.85. The first-order chi connectivity index (χ1) is 8.99. The van der Waals surface area contributed by atoms with E-state index < -0.39 is 0 Å². The Balaban J connectivity index is 2.36. The third-order valence-corrected chi connectivity index (χ3v) is 3.77. The lowest BCUT2D eigenvalue weighted by Gasteiger charge is -2.10. The van der Waals surface area contributed by atoms with Crippen LogP contribution >= 0.6 is 50.7 Å². The fraction of sp³-hybridized carbons (Fsp3) is 0.167. The molecule has 100 valence electrons. The van der Waals surface area contributed by atoms with Crippen molar-refractivity contribution in [2.75, 3.05) is 5.32 Å². The molecule has 7 heteroatoms. The van der Waals surface area contributed by atoms with Gasteiger partial charge >= 0.3 is 0 Å². The molecule has 1 aromatic carbocycles. The van der Waals surface area contributed by atoms with Gasteiger partial charge < -0.3 is 5.32 Å². The van der Waals surface area contributed by atoms with Gasteiger partial charge in [-0.15, -0.1) is 0 Å². The highest BCUT2D eigenvalue weighted by atomic mass is 79.9. The van der Waals surface area contributed by atoms with Crippen LogP contribution in [0.3, 0.4) is 0 Å². The smallest absolute Gasteiger partial charge is 0.135 e. The van der Waals surface area contributed by atoms with Crippen molar-refractivity contribution in [3.63, 3.8) is 0 Å². The molecule has 0 bridgehead atoms. The zero-order chi connectivity index (χ0) is 14.0. The summed E-state index contributed by atoms with van der Waals surface area (Å²) in [4.78, 5) is 8.59. The number of aryl methyl sites for hydroxylation is 1. The lowest BCUT2D eigenvalue weighted by molar-refractivity contribution is 0.931. The molecule has 19 heavy (non-hydrogen) atoms. The van der Waals surface area contributed by atoms with E-state index in [2.05, 4.69) is 31.2 Å². The second-order valence-electron chi connectivity index (χ2n) is 3.72. The Morgan fingerprint density at radius 3 is 2.42 bits per heavy atom. The summed E-state index contributed by atoms with van der Waals surface area (Å²) in [7, 11) is 0. The van der Waals surface area contributed by atoms with Gasteiger partial charge in [-0.05, 0) is 28.1 Å². The summed E-state index contributed by atoms with van der Waals surface area (Å²) in [6, 6.07) is 5.01. The summed E-state index contributed by atoms with van der Waals surface area (Å²) in [5, 5.41) is 4.41. The van der Waals surface area contributed by atoms with Gasteiger partial charge in [0.1, 0.15) is 16.2 Å². The number of rotatable bonds is 3. The highest BCUT2D eigenvalue weighted by molar-refractivity contribution is 9.10. The van der Waals surface area contributed by atoms with Crippen molar-refractivity contribution in [3.05, 3.63) is 43.7 Å². The first kappa shape index (κ1) is 14.9. The van der Waals surface area contributed by atoms with Crippen molar-refractivity contribution in [1.82, 2.24) is 9.97 Å². The maximum absolute atomic E-state index is 6.10. The molecular weight excluding hydrogens is 372 g/mol. The number of hydrogen-bond acceptors (Lipinski definition) is 3. The number of benzene rings is 1. The molecular formula is C12H9BrCl3N3. The van der Waals surface area contributed by atoms with Crippen LogP contribution in [0.2, 0.25) is 15.1 Å². The summed E-state index contributed by atoms with van der Waals surface area (Å²) in [5.41, 5.74) is 0.642. The first-order valence-corrected chi connectivity index (χ1v) is 7.37. The molecule has 0 aliphatic rings. The van der Waals surface area contributed by atoms with Gasteiger partial charge in [0.2, 0.25) is 0 Å². The van der Waals surface area contributed by atoms with Crippen molar-refractivity contribution < 1.29 is 0 Å². The van der Waals surface area contributed by atoms with Crippen molar-refractivity contribution in [2.24, 2.45) is 0 Å². The Kier molecular flexibility index (Phi) is 4.90. The topological polar surface area (TPSA) is 37.8 Å². The predicted molar refractivity (Wildman–Crippen MR) is 83.9 cm³/mol. The predicted octanol–water partition coefficient (Wildman–Crippen LogP) is 5.51. The van der Waals surface area contributed by atoms with E-state index in [0.717, 1.165) is 12.2 Å². The van der Waals surface area contributed by atoms with Crippen LogP contribution in [0, 0.1) is 0 Å². The number of hydrogen-bond donors (Lipinski definition) is 1. The number of aromatic nitrogens is 2. The molecule has 0 saturated carbocycles. The fourth-order valence-corrected chi connectivity index (χ4v) is 2.46. The maximum atomic E-state index is 6.10. The summed E-state index contributed by atoms with van der Waals surface area (Å²) in [6.45, 7) is 1.98. The van der Waals surface area contributed by atoms with Crippen LogP contribution in [-0.2, 0) is 6.42 Å². The molecule has 0 aliphatic carbocycles. The van der Waals surface area contributed by atoms with E-state index >= 15 is 0 Å². The van der Waals surface area contributed by atoms with Crippen molar-refractivity contribution in [2.45, 2.75) is 13.3 Å². The molecule has 1 N–H and O–H groups in total. The van der Waals surface area contributed by atoms with Gasteiger partial charge in [0.15, 0.2) is 0 Å². The Morgan fingerprint density at radius 1 is 1.05 bits per heavy atom. The van der Waals surface area contributed by atoms with Crippen LogP contribution in [0.4, 0.5) is 11.5 Å². The van der Waals surface area contributed by atoms with Gasteiger partial charge in [-0.2, -0.15) is 0 Å². The van der Waals surface area contributed by atoms with Crippen LogP contribution in [0.5, 0.6) is 0 Å². The molecule has 0 unspecified atom stereocenters. The third kappa shape index (κ3) is 3.72. The minimum absolute atomic E-state index is 0.412. The van der Waals surface area contributed by atoms with Crippen LogP contribution in [0.15, 0.2) is 22.8 Å². The molecule has 2 rings (SSSR count). The molecule has 0 amide bonds. The minimum atomic E-state index is 0.412. The fourth-order valence-electron chi connectivity index (χ4n) is 1.44. The second-order valence-corrected chi connectivity index (χ2v) is 5.75. The zero-order valence-corrected chi connectivity index (χ0v) is 13.7. The molecule has 0 spiro atoms. The summed E-state index contributed by atoms with van der Waals surface area (Å²) in [6.07, 6.45) is 0.739. The van der Waals surface area contributed by atoms with E-state index in [9.17, 15) is 0 Å². The molecule has 1 heterocycles. The summed E-state index contributed by atoms with van der Waals surface area (Å²) >= 11 is 21.3. The lowest BCUT2D eigenvalue weighted by atomic mass is 10.3. The van der Waals surface area contributed by atoms with Crippen molar-refractivity contribution in [1.29, 1.82) is 0 Å². The molecule has 0 atom stereocenters.